The number of carboxylic acid groups (broad SMARTS) is 1. The van der Waals surface area contributed by atoms with Crippen molar-refractivity contribution in [3.8, 4) is 0 Å². The molecule has 0 radical (unpaired) electrons. The summed E-state index contributed by atoms with van der Waals surface area (Å²) in [5.74, 6) is 0.156. The Labute approximate surface area is 253 Å². The minimum atomic E-state index is -1.14. The molecule has 2 fully saturated rings. The molecule has 2 aliphatic rings. The number of nitrogens with zero attached hydrogens (tertiary/aromatic N) is 2. The molecule has 43 heavy (non-hydrogen) atoms. The third kappa shape index (κ3) is 11.1. The number of rotatable bonds is 6. The van der Waals surface area contributed by atoms with Crippen LogP contribution in [0.1, 0.15) is 63.6 Å². The Kier molecular flexibility index (Phi) is 12.2. The summed E-state index contributed by atoms with van der Waals surface area (Å²) in [5, 5.41) is 11.5. The van der Waals surface area contributed by atoms with E-state index in [-0.39, 0.29) is 18.7 Å². The third-order valence-corrected chi connectivity index (χ3v) is 7.56. The minimum Gasteiger partial charge on any atom is -0.479 e. The normalized spacial score (nSPS) is 16.7. The standard InChI is InChI=1S/C16H29N3O3.C16H15NO4/c1-16(2,3)22-15(21)19-10-6-13(7-11-19)12-4-8-18(9-5-12)14(17)20;18-15(19)14(13-9-5-2-6-10-13)17-16(20)21-11-12-7-3-1-4-8-12/h12-13H,4-11H2,1-3H3,(H2,17,20);1-10,14H,11H2,(H,17,20)(H,18,19)/t;14-/m.1/s1. The Balaban J connectivity index is 0.000000236. The first-order chi connectivity index (χ1) is 20.4. The maximum atomic E-state index is 12.1. The van der Waals surface area contributed by atoms with Crippen molar-refractivity contribution in [2.45, 2.75) is 64.7 Å². The summed E-state index contributed by atoms with van der Waals surface area (Å²) in [6, 6.07) is 16.2. The summed E-state index contributed by atoms with van der Waals surface area (Å²) >= 11 is 0. The number of nitrogens with one attached hydrogen (secondary N) is 1. The average molecular weight is 597 g/mol. The number of hydrogen-bond donors (Lipinski definition) is 3. The maximum absolute atomic E-state index is 12.1. The van der Waals surface area contributed by atoms with E-state index in [0.717, 1.165) is 57.4 Å². The number of carbonyl (C=O) groups excluding carboxylic acids is 3. The van der Waals surface area contributed by atoms with Crippen molar-refractivity contribution in [2.24, 2.45) is 17.6 Å². The van der Waals surface area contributed by atoms with Gasteiger partial charge in [0, 0.05) is 26.2 Å². The van der Waals surface area contributed by atoms with Crippen molar-refractivity contribution in [2.75, 3.05) is 26.2 Å². The van der Waals surface area contributed by atoms with Gasteiger partial charge in [0.15, 0.2) is 6.04 Å². The number of hydrogen-bond acceptors (Lipinski definition) is 6. The van der Waals surface area contributed by atoms with Gasteiger partial charge in [-0.2, -0.15) is 0 Å². The highest BCUT2D eigenvalue weighted by molar-refractivity contribution is 5.81. The molecule has 4 N–H and O–H groups in total. The molecular formula is C32H44N4O7. The summed E-state index contributed by atoms with van der Waals surface area (Å²) in [6.45, 7) is 8.86. The highest BCUT2D eigenvalue weighted by Gasteiger charge is 2.32. The molecule has 0 saturated carbocycles. The van der Waals surface area contributed by atoms with Gasteiger partial charge >= 0.3 is 24.2 Å². The number of urea groups is 1. The molecule has 2 saturated heterocycles. The van der Waals surface area contributed by atoms with Crippen molar-refractivity contribution in [1.82, 2.24) is 15.1 Å². The fraction of sp³-hybridized carbons (Fsp3) is 0.500. The summed E-state index contributed by atoms with van der Waals surface area (Å²) in [6.07, 6.45) is 3.14. The van der Waals surface area contributed by atoms with E-state index in [4.69, 9.17) is 15.2 Å². The number of ether oxygens (including phenoxy) is 2. The fourth-order valence-electron chi connectivity index (χ4n) is 5.29. The molecule has 2 heterocycles. The highest BCUT2D eigenvalue weighted by atomic mass is 16.6. The first-order valence-corrected chi connectivity index (χ1v) is 14.7. The Morgan fingerprint density at radius 3 is 1.81 bits per heavy atom. The Hall–Kier alpha value is -4.28. The molecule has 11 nitrogen and oxygen atoms in total. The van der Waals surface area contributed by atoms with Crippen LogP contribution in [0.4, 0.5) is 14.4 Å². The van der Waals surface area contributed by atoms with Gasteiger partial charge in [0.05, 0.1) is 0 Å². The third-order valence-electron chi connectivity index (χ3n) is 7.56. The Morgan fingerprint density at radius 1 is 0.860 bits per heavy atom. The van der Waals surface area contributed by atoms with Gasteiger partial charge in [-0.25, -0.2) is 19.2 Å². The molecule has 0 aliphatic carbocycles. The van der Waals surface area contributed by atoms with Gasteiger partial charge in [-0.05, 0) is 69.4 Å². The van der Waals surface area contributed by atoms with Gasteiger partial charge in [-0.3, -0.25) is 0 Å². The van der Waals surface area contributed by atoms with Gasteiger partial charge in [-0.15, -0.1) is 0 Å². The van der Waals surface area contributed by atoms with Crippen LogP contribution in [-0.2, 0) is 20.9 Å². The van der Waals surface area contributed by atoms with Crippen molar-refractivity contribution < 1.29 is 33.8 Å². The number of alkyl carbamates (subject to hydrolysis) is 1. The van der Waals surface area contributed by atoms with Crippen molar-refractivity contribution in [3.05, 3.63) is 71.8 Å². The van der Waals surface area contributed by atoms with E-state index in [2.05, 4.69) is 5.32 Å². The first kappa shape index (κ1) is 33.2. The van der Waals surface area contributed by atoms with Crippen LogP contribution in [0.5, 0.6) is 0 Å². The van der Waals surface area contributed by atoms with E-state index in [1.165, 1.54) is 0 Å². The predicted molar refractivity (Wildman–Crippen MR) is 161 cm³/mol. The molecule has 234 valence electrons. The lowest BCUT2D eigenvalue weighted by Gasteiger charge is -2.40. The van der Waals surface area contributed by atoms with Crippen LogP contribution in [0.2, 0.25) is 0 Å². The summed E-state index contributed by atoms with van der Waals surface area (Å²) in [7, 11) is 0. The number of nitrogens with two attached hydrogens (primary N) is 1. The van der Waals surface area contributed by atoms with Gasteiger partial charge < -0.3 is 35.4 Å². The molecule has 4 rings (SSSR count). The zero-order chi connectivity index (χ0) is 31.4. The summed E-state index contributed by atoms with van der Waals surface area (Å²) in [5.41, 5.74) is 6.21. The molecular weight excluding hydrogens is 552 g/mol. The van der Waals surface area contributed by atoms with Crippen LogP contribution >= 0.6 is 0 Å². The van der Waals surface area contributed by atoms with Gasteiger partial charge in [0.1, 0.15) is 12.2 Å². The largest absolute Gasteiger partial charge is 0.479 e. The summed E-state index contributed by atoms with van der Waals surface area (Å²) < 4.78 is 10.4. The number of piperidine rings is 2. The lowest BCUT2D eigenvalue weighted by Crippen LogP contribution is -2.46. The lowest BCUT2D eigenvalue weighted by atomic mass is 9.79. The minimum absolute atomic E-state index is 0.0911. The second-order valence-corrected chi connectivity index (χ2v) is 11.9. The lowest BCUT2D eigenvalue weighted by molar-refractivity contribution is -0.139. The fourth-order valence-corrected chi connectivity index (χ4v) is 5.29. The van der Waals surface area contributed by atoms with Gasteiger partial charge in [-0.1, -0.05) is 60.7 Å². The van der Waals surface area contributed by atoms with Crippen LogP contribution in [0.15, 0.2) is 60.7 Å². The Morgan fingerprint density at radius 2 is 1.35 bits per heavy atom. The van der Waals surface area contributed by atoms with E-state index >= 15 is 0 Å². The van der Waals surface area contributed by atoms with Crippen LogP contribution in [0.3, 0.4) is 0 Å². The van der Waals surface area contributed by atoms with E-state index in [9.17, 15) is 24.3 Å². The van der Waals surface area contributed by atoms with Gasteiger partial charge in [0.25, 0.3) is 0 Å². The second-order valence-electron chi connectivity index (χ2n) is 11.9. The number of primary amides is 1. The zero-order valence-electron chi connectivity index (χ0n) is 25.2. The molecule has 1 atom stereocenters. The maximum Gasteiger partial charge on any atom is 0.410 e. The smallest absolute Gasteiger partial charge is 0.410 e. The van der Waals surface area contributed by atoms with E-state index < -0.39 is 23.7 Å². The molecule has 0 unspecified atom stereocenters. The predicted octanol–water partition coefficient (Wildman–Crippen LogP) is 5.16. The van der Waals surface area contributed by atoms with E-state index in [0.29, 0.717) is 17.4 Å². The van der Waals surface area contributed by atoms with Crippen LogP contribution in [0, 0.1) is 11.8 Å². The molecule has 4 amide bonds. The molecule has 11 heteroatoms. The quantitative estimate of drug-likeness (QED) is 0.416. The van der Waals surface area contributed by atoms with E-state index in [1.54, 1.807) is 35.2 Å². The first-order valence-electron chi connectivity index (χ1n) is 14.7. The molecule has 0 aromatic heterocycles. The number of aliphatic carboxylic acids is 1. The average Bonchev–Trinajstić information content (AvgIpc) is 2.99. The second kappa shape index (κ2) is 15.8. The highest BCUT2D eigenvalue weighted by Crippen LogP contribution is 2.32. The topological polar surface area (TPSA) is 151 Å². The van der Waals surface area contributed by atoms with Crippen LogP contribution in [0.25, 0.3) is 0 Å². The molecule has 2 aromatic rings. The monoisotopic (exact) mass is 596 g/mol. The van der Waals surface area contributed by atoms with Crippen LogP contribution in [-0.4, -0.2) is 70.9 Å². The van der Waals surface area contributed by atoms with E-state index in [1.807, 2.05) is 56.0 Å². The number of likely N-dealkylation sites (tertiary alicyclic amines) is 2. The zero-order valence-corrected chi connectivity index (χ0v) is 25.2. The van der Waals surface area contributed by atoms with Crippen LogP contribution < -0.4 is 11.1 Å². The van der Waals surface area contributed by atoms with Crippen molar-refractivity contribution >= 4 is 24.2 Å². The SMILES string of the molecule is CC(C)(C)OC(=O)N1CCC(C2CCN(C(N)=O)CC2)CC1.O=C(N[C@@H](C(=O)O)c1ccccc1)OCc1ccccc1. The molecule has 2 aliphatic heterocycles. The molecule has 2 aromatic carbocycles. The number of carboxylic acids is 1. The van der Waals surface area contributed by atoms with Gasteiger partial charge in [0.2, 0.25) is 0 Å². The number of amides is 4. The van der Waals surface area contributed by atoms with Crippen molar-refractivity contribution in [1.29, 1.82) is 0 Å². The number of benzene rings is 2. The molecule has 0 spiro atoms. The Bertz CT molecular complexity index is 1190. The summed E-state index contributed by atoms with van der Waals surface area (Å²) in [4.78, 5) is 49.7. The van der Waals surface area contributed by atoms with Crippen molar-refractivity contribution in [3.63, 3.8) is 0 Å². The number of carbonyl (C=O) groups is 4. The molecule has 0 bridgehead atoms.